The first-order chi connectivity index (χ1) is 12.6. The molecule has 0 bridgehead atoms. The lowest BCUT2D eigenvalue weighted by atomic mass is 9.82. The molecule has 1 heterocycles. The molecule has 5 nitrogen and oxygen atoms in total. The maximum absolute atomic E-state index is 13.6. The Kier molecular flexibility index (Phi) is 5.59. The van der Waals surface area contributed by atoms with Crippen molar-refractivity contribution < 1.29 is 19.0 Å². The van der Waals surface area contributed by atoms with Gasteiger partial charge in [-0.3, -0.25) is 9.69 Å². The zero-order chi connectivity index (χ0) is 18.6. The predicted octanol–water partition coefficient (Wildman–Crippen LogP) is 3.13. The Hall–Kier alpha value is -2.37. The highest BCUT2D eigenvalue weighted by Gasteiger charge is 2.42. The van der Waals surface area contributed by atoms with E-state index in [1.165, 1.54) is 0 Å². The van der Waals surface area contributed by atoms with Gasteiger partial charge in [0.25, 0.3) is 0 Å². The quantitative estimate of drug-likeness (QED) is 0.745. The van der Waals surface area contributed by atoms with Gasteiger partial charge in [0, 0.05) is 18.7 Å². The van der Waals surface area contributed by atoms with Crippen molar-refractivity contribution in [1.82, 2.24) is 4.90 Å². The first-order valence-corrected chi connectivity index (χ1v) is 8.76. The van der Waals surface area contributed by atoms with Crippen LogP contribution >= 0.6 is 0 Å². The van der Waals surface area contributed by atoms with Crippen molar-refractivity contribution >= 4 is 5.78 Å². The average molecular weight is 355 g/mol. The summed E-state index contributed by atoms with van der Waals surface area (Å²) in [5, 5.41) is 0. The van der Waals surface area contributed by atoms with Gasteiger partial charge in [-0.1, -0.05) is 12.1 Å². The van der Waals surface area contributed by atoms with E-state index in [4.69, 9.17) is 14.2 Å². The lowest BCUT2D eigenvalue weighted by molar-refractivity contribution is -0.0111. The average Bonchev–Trinajstić information content (AvgIpc) is 2.73. The molecule has 1 saturated heterocycles. The molecule has 1 fully saturated rings. The van der Waals surface area contributed by atoms with Crippen molar-refractivity contribution in [1.29, 1.82) is 0 Å². The van der Waals surface area contributed by atoms with E-state index >= 15 is 0 Å². The number of morpholine rings is 1. The third kappa shape index (κ3) is 3.45. The fourth-order valence-corrected chi connectivity index (χ4v) is 3.41. The van der Waals surface area contributed by atoms with Gasteiger partial charge in [0.15, 0.2) is 5.78 Å². The molecular formula is C21H25NO4. The Balaban J connectivity index is 2.01. The van der Waals surface area contributed by atoms with Crippen LogP contribution in [0.5, 0.6) is 11.5 Å². The SMILES string of the molecule is COc1ccc(C(=O)C(C)(c2ccc(OC)cc2)N2CCOCC2)cc1. The molecule has 0 aromatic heterocycles. The van der Waals surface area contributed by atoms with E-state index in [0.29, 0.717) is 31.9 Å². The molecule has 2 aromatic rings. The standard InChI is InChI=1S/C21H25NO4/c1-21(22-12-14-26-15-13-22,17-6-10-19(25-3)11-7-17)20(23)16-4-8-18(24-2)9-5-16/h4-11H,12-15H2,1-3H3. The molecule has 1 atom stereocenters. The molecule has 0 radical (unpaired) electrons. The van der Waals surface area contributed by atoms with Gasteiger partial charge in [-0.05, 0) is 48.9 Å². The number of hydrogen-bond acceptors (Lipinski definition) is 5. The first-order valence-electron chi connectivity index (χ1n) is 8.76. The lowest BCUT2D eigenvalue weighted by Gasteiger charge is -2.42. The number of rotatable bonds is 6. The summed E-state index contributed by atoms with van der Waals surface area (Å²) in [6, 6.07) is 15.0. The molecule has 138 valence electrons. The largest absolute Gasteiger partial charge is 0.497 e. The summed E-state index contributed by atoms with van der Waals surface area (Å²) in [5.41, 5.74) is 0.835. The van der Waals surface area contributed by atoms with E-state index in [0.717, 1.165) is 17.1 Å². The number of ether oxygens (including phenoxy) is 3. The smallest absolute Gasteiger partial charge is 0.187 e. The number of benzene rings is 2. The van der Waals surface area contributed by atoms with Crippen LogP contribution in [0.3, 0.4) is 0 Å². The van der Waals surface area contributed by atoms with Crippen molar-refractivity contribution in [2.24, 2.45) is 0 Å². The van der Waals surface area contributed by atoms with Gasteiger partial charge in [0.2, 0.25) is 0 Å². The van der Waals surface area contributed by atoms with Gasteiger partial charge in [0.1, 0.15) is 17.0 Å². The molecule has 3 rings (SSSR count). The lowest BCUT2D eigenvalue weighted by Crippen LogP contribution is -2.54. The molecule has 26 heavy (non-hydrogen) atoms. The van der Waals surface area contributed by atoms with Crippen molar-refractivity contribution in [3.63, 3.8) is 0 Å². The van der Waals surface area contributed by atoms with Crippen molar-refractivity contribution in [2.45, 2.75) is 12.5 Å². The van der Waals surface area contributed by atoms with E-state index in [1.807, 2.05) is 55.5 Å². The van der Waals surface area contributed by atoms with Crippen LogP contribution in [0.1, 0.15) is 22.8 Å². The minimum Gasteiger partial charge on any atom is -0.497 e. The van der Waals surface area contributed by atoms with E-state index in [1.54, 1.807) is 14.2 Å². The summed E-state index contributed by atoms with van der Waals surface area (Å²) in [7, 11) is 3.25. The Labute approximate surface area is 154 Å². The van der Waals surface area contributed by atoms with E-state index in [9.17, 15) is 4.79 Å². The van der Waals surface area contributed by atoms with Crippen LogP contribution in [0, 0.1) is 0 Å². The molecule has 2 aromatic carbocycles. The number of nitrogens with zero attached hydrogens (tertiary/aromatic N) is 1. The highest BCUT2D eigenvalue weighted by atomic mass is 16.5. The number of ketones is 1. The fraction of sp³-hybridized carbons (Fsp3) is 0.381. The van der Waals surface area contributed by atoms with Gasteiger partial charge >= 0.3 is 0 Å². The number of Topliss-reactive ketones (excluding diaryl/α,β-unsaturated/α-hetero) is 1. The zero-order valence-corrected chi connectivity index (χ0v) is 15.5. The van der Waals surface area contributed by atoms with Crippen LogP contribution in [-0.2, 0) is 10.3 Å². The molecule has 5 heteroatoms. The van der Waals surface area contributed by atoms with E-state index < -0.39 is 5.54 Å². The molecule has 0 amide bonds. The molecule has 0 N–H and O–H groups in total. The van der Waals surface area contributed by atoms with Gasteiger partial charge in [-0.2, -0.15) is 0 Å². The molecule has 1 aliphatic heterocycles. The summed E-state index contributed by atoms with van der Waals surface area (Å²) in [6.07, 6.45) is 0. The Bertz CT molecular complexity index is 736. The maximum Gasteiger partial charge on any atom is 0.187 e. The van der Waals surface area contributed by atoms with Crippen LogP contribution in [0.2, 0.25) is 0 Å². The second kappa shape index (κ2) is 7.89. The van der Waals surface area contributed by atoms with Gasteiger partial charge in [-0.15, -0.1) is 0 Å². The topological polar surface area (TPSA) is 48.0 Å². The molecule has 0 aliphatic carbocycles. The van der Waals surface area contributed by atoms with Crippen LogP contribution in [-0.4, -0.2) is 51.2 Å². The van der Waals surface area contributed by atoms with E-state index in [2.05, 4.69) is 4.90 Å². The van der Waals surface area contributed by atoms with Gasteiger partial charge in [-0.25, -0.2) is 0 Å². The van der Waals surface area contributed by atoms with E-state index in [-0.39, 0.29) is 5.78 Å². The predicted molar refractivity (Wildman–Crippen MR) is 100 cm³/mol. The number of carbonyl (C=O) groups excluding carboxylic acids is 1. The third-order valence-electron chi connectivity index (χ3n) is 5.09. The Morgan fingerprint density at radius 2 is 1.42 bits per heavy atom. The van der Waals surface area contributed by atoms with Gasteiger partial charge < -0.3 is 14.2 Å². The zero-order valence-electron chi connectivity index (χ0n) is 15.5. The highest BCUT2D eigenvalue weighted by molar-refractivity contribution is 6.03. The van der Waals surface area contributed by atoms with Crippen molar-refractivity contribution in [3.8, 4) is 11.5 Å². The second-order valence-electron chi connectivity index (χ2n) is 6.46. The minimum absolute atomic E-state index is 0.0622. The highest BCUT2D eigenvalue weighted by Crippen LogP contribution is 2.34. The molecule has 0 spiro atoms. The molecular weight excluding hydrogens is 330 g/mol. The normalized spacial score (nSPS) is 17.3. The van der Waals surface area contributed by atoms with Crippen LogP contribution in [0.4, 0.5) is 0 Å². The molecule has 0 saturated carbocycles. The summed E-state index contributed by atoms with van der Waals surface area (Å²) in [6.45, 7) is 4.67. The second-order valence-corrected chi connectivity index (χ2v) is 6.46. The molecule has 1 unspecified atom stereocenters. The number of methoxy groups -OCH3 is 2. The van der Waals surface area contributed by atoms with Crippen LogP contribution in [0.25, 0.3) is 0 Å². The Morgan fingerprint density at radius 1 is 0.923 bits per heavy atom. The minimum atomic E-state index is -0.773. The molecule has 1 aliphatic rings. The number of hydrogen-bond donors (Lipinski definition) is 0. The Morgan fingerprint density at radius 3 is 1.92 bits per heavy atom. The fourth-order valence-electron chi connectivity index (χ4n) is 3.41. The third-order valence-corrected chi connectivity index (χ3v) is 5.09. The maximum atomic E-state index is 13.6. The van der Waals surface area contributed by atoms with Gasteiger partial charge in [0.05, 0.1) is 27.4 Å². The monoisotopic (exact) mass is 355 g/mol. The van der Waals surface area contributed by atoms with Crippen molar-refractivity contribution in [3.05, 3.63) is 59.7 Å². The summed E-state index contributed by atoms with van der Waals surface area (Å²) >= 11 is 0. The summed E-state index contributed by atoms with van der Waals surface area (Å²) < 4.78 is 16.0. The van der Waals surface area contributed by atoms with Crippen LogP contribution in [0.15, 0.2) is 48.5 Å². The summed E-state index contributed by atoms with van der Waals surface area (Å²) in [5.74, 6) is 1.57. The number of carbonyl (C=O) groups is 1. The first kappa shape index (κ1) is 18.4. The van der Waals surface area contributed by atoms with Crippen LogP contribution < -0.4 is 9.47 Å². The van der Waals surface area contributed by atoms with Crippen molar-refractivity contribution in [2.75, 3.05) is 40.5 Å². The summed E-state index contributed by atoms with van der Waals surface area (Å²) in [4.78, 5) is 15.8.